The van der Waals surface area contributed by atoms with Gasteiger partial charge in [-0.2, -0.15) is 0 Å². The van der Waals surface area contributed by atoms with Crippen LogP contribution in [0.1, 0.15) is 12.8 Å². The lowest BCUT2D eigenvalue weighted by Crippen LogP contribution is -2.42. The van der Waals surface area contributed by atoms with E-state index < -0.39 is 6.10 Å². The largest absolute Gasteiger partial charge is 0.488 e. The lowest BCUT2D eigenvalue weighted by Gasteiger charge is -2.35. The number of hydrogen-bond donors (Lipinski definition) is 1. The molecule has 1 aliphatic carbocycles. The van der Waals surface area contributed by atoms with Gasteiger partial charge in [-0.1, -0.05) is 0 Å². The van der Waals surface area contributed by atoms with Crippen molar-refractivity contribution in [1.29, 1.82) is 0 Å². The van der Waals surface area contributed by atoms with Gasteiger partial charge < -0.3 is 14.7 Å². The molecule has 0 unspecified atom stereocenters. The minimum atomic E-state index is -0.514. The molecular formula is C19H22FN3O2S. The highest BCUT2D eigenvalue weighted by atomic mass is 32.2. The Kier molecular flexibility index (Phi) is 5.00. The van der Waals surface area contributed by atoms with Crippen molar-refractivity contribution in [1.82, 2.24) is 9.97 Å². The van der Waals surface area contributed by atoms with Gasteiger partial charge in [-0.3, -0.25) is 0 Å². The number of thioether (sulfide) groups is 1. The second-order valence-corrected chi connectivity index (χ2v) is 7.80. The normalized spacial score (nSPS) is 28.0. The maximum absolute atomic E-state index is 13.1. The van der Waals surface area contributed by atoms with E-state index in [0.717, 1.165) is 30.5 Å². The number of fused-ring (bicyclic) bond motifs is 1. The summed E-state index contributed by atoms with van der Waals surface area (Å²) in [5, 5.41) is 11.5. The average Bonchev–Trinajstić information content (AvgIpc) is 3.06. The molecular weight excluding hydrogens is 353 g/mol. The second-order valence-electron chi connectivity index (χ2n) is 6.97. The Balaban J connectivity index is 1.43. The topological polar surface area (TPSA) is 58.5 Å². The molecule has 1 aromatic heterocycles. The molecule has 26 heavy (non-hydrogen) atoms. The third-order valence-corrected chi connectivity index (χ3v) is 5.94. The van der Waals surface area contributed by atoms with Gasteiger partial charge in [0, 0.05) is 19.3 Å². The molecule has 5 nitrogen and oxygen atoms in total. The first-order valence-electron chi connectivity index (χ1n) is 8.84. The summed E-state index contributed by atoms with van der Waals surface area (Å²) >= 11 is 1.61. The van der Waals surface area contributed by atoms with Crippen LogP contribution < -0.4 is 9.64 Å². The Morgan fingerprint density at radius 1 is 1.15 bits per heavy atom. The van der Waals surface area contributed by atoms with E-state index >= 15 is 0 Å². The maximum Gasteiger partial charge on any atom is 0.226 e. The van der Waals surface area contributed by atoms with E-state index in [-0.39, 0.29) is 11.9 Å². The fraction of sp³-hybridized carbons (Fsp3) is 0.474. The minimum Gasteiger partial charge on any atom is -0.488 e. The number of halogens is 1. The first kappa shape index (κ1) is 17.5. The highest BCUT2D eigenvalue weighted by Gasteiger charge is 2.43. The molecule has 1 saturated heterocycles. The Labute approximate surface area is 156 Å². The predicted molar refractivity (Wildman–Crippen MR) is 99.1 cm³/mol. The van der Waals surface area contributed by atoms with Crippen LogP contribution in [0.4, 0.5) is 10.3 Å². The van der Waals surface area contributed by atoms with Crippen LogP contribution in [0.15, 0.2) is 41.6 Å². The Hall–Kier alpha value is -1.86. The van der Waals surface area contributed by atoms with Crippen molar-refractivity contribution < 1.29 is 14.2 Å². The molecule has 2 fully saturated rings. The van der Waals surface area contributed by atoms with Crippen LogP contribution >= 0.6 is 11.8 Å². The summed E-state index contributed by atoms with van der Waals surface area (Å²) in [5.41, 5.74) is 0. The van der Waals surface area contributed by atoms with Gasteiger partial charge in [-0.05, 0) is 61.3 Å². The molecule has 0 spiro atoms. The third kappa shape index (κ3) is 3.64. The van der Waals surface area contributed by atoms with Crippen LogP contribution in [-0.2, 0) is 0 Å². The second kappa shape index (κ2) is 7.40. The lowest BCUT2D eigenvalue weighted by molar-refractivity contribution is -0.0231. The minimum absolute atomic E-state index is 0.264. The average molecular weight is 375 g/mol. The molecule has 4 rings (SSSR count). The van der Waals surface area contributed by atoms with Crippen molar-refractivity contribution in [3.05, 3.63) is 42.3 Å². The van der Waals surface area contributed by atoms with Gasteiger partial charge in [0.25, 0.3) is 0 Å². The zero-order valence-electron chi connectivity index (χ0n) is 14.6. The number of anilines is 1. The van der Waals surface area contributed by atoms with Gasteiger partial charge in [0.1, 0.15) is 22.7 Å². The summed E-state index contributed by atoms with van der Waals surface area (Å²) in [7, 11) is 0. The first-order valence-corrected chi connectivity index (χ1v) is 10.1. The van der Waals surface area contributed by atoms with Crippen LogP contribution in [0.3, 0.4) is 0 Å². The molecule has 0 amide bonds. The lowest BCUT2D eigenvalue weighted by atomic mass is 9.78. The van der Waals surface area contributed by atoms with E-state index in [2.05, 4.69) is 14.9 Å². The Morgan fingerprint density at radius 3 is 2.62 bits per heavy atom. The fourth-order valence-corrected chi connectivity index (χ4v) is 4.34. The Bertz CT molecular complexity index is 761. The molecule has 0 bridgehead atoms. The van der Waals surface area contributed by atoms with Gasteiger partial charge in [0.05, 0.1) is 6.10 Å². The summed E-state index contributed by atoms with van der Waals surface area (Å²) in [6.45, 7) is 1.74. The van der Waals surface area contributed by atoms with Gasteiger partial charge in [0.2, 0.25) is 5.95 Å². The number of aliphatic hydroxyl groups is 1. The monoisotopic (exact) mass is 375 g/mol. The van der Waals surface area contributed by atoms with Crippen molar-refractivity contribution in [3.8, 4) is 5.75 Å². The molecule has 1 aliphatic heterocycles. The number of ether oxygens (including phenoxy) is 1. The van der Waals surface area contributed by atoms with Crippen molar-refractivity contribution in [2.75, 3.05) is 24.2 Å². The molecule has 2 aromatic rings. The molecule has 138 valence electrons. The van der Waals surface area contributed by atoms with Crippen molar-refractivity contribution >= 4 is 17.7 Å². The predicted octanol–water partition coefficient (Wildman–Crippen LogP) is 2.99. The number of hydrogen-bond acceptors (Lipinski definition) is 6. The molecule has 2 heterocycles. The highest BCUT2D eigenvalue weighted by Crippen LogP contribution is 2.39. The zero-order chi connectivity index (χ0) is 18.1. The first-order chi connectivity index (χ1) is 12.6. The van der Waals surface area contributed by atoms with E-state index in [0.29, 0.717) is 24.0 Å². The summed E-state index contributed by atoms with van der Waals surface area (Å²) in [6.07, 6.45) is 4.51. The number of aromatic nitrogens is 2. The van der Waals surface area contributed by atoms with Crippen LogP contribution in [0.2, 0.25) is 0 Å². The van der Waals surface area contributed by atoms with Gasteiger partial charge >= 0.3 is 0 Å². The van der Waals surface area contributed by atoms with Crippen LogP contribution in [0.25, 0.3) is 0 Å². The van der Waals surface area contributed by atoms with E-state index in [1.54, 1.807) is 30.1 Å². The quantitative estimate of drug-likeness (QED) is 0.655. The molecule has 4 atom stereocenters. The standard InChI is InChI=1S/C19H22FN3O2S/c1-26-18-6-7-21-19(22-18)23-10-12-8-16(24)17(9-13(12)11-23)25-15-4-2-14(20)3-5-15/h2-7,12-13,16-17,24H,8-11H2,1H3/t12-,13+,16+,17+/m0/s1. The molecule has 1 saturated carbocycles. The number of rotatable bonds is 4. The maximum atomic E-state index is 13.1. The Morgan fingerprint density at radius 2 is 1.88 bits per heavy atom. The van der Waals surface area contributed by atoms with E-state index in [1.807, 2.05) is 12.3 Å². The zero-order valence-corrected chi connectivity index (χ0v) is 15.4. The fourth-order valence-electron chi connectivity index (χ4n) is 3.97. The molecule has 2 aliphatic rings. The molecule has 0 radical (unpaired) electrons. The van der Waals surface area contributed by atoms with Crippen molar-refractivity contribution in [2.45, 2.75) is 30.1 Å². The van der Waals surface area contributed by atoms with Crippen LogP contribution in [-0.4, -0.2) is 46.6 Å². The van der Waals surface area contributed by atoms with E-state index in [4.69, 9.17) is 4.74 Å². The molecule has 1 N–H and O–H groups in total. The van der Waals surface area contributed by atoms with Crippen molar-refractivity contribution in [2.24, 2.45) is 11.8 Å². The number of aliphatic hydroxyl groups excluding tert-OH is 1. The summed E-state index contributed by atoms with van der Waals surface area (Å²) in [6, 6.07) is 7.88. The SMILES string of the molecule is CSc1ccnc(N2C[C@H]3C[C@@H](Oc4ccc(F)cc4)[C@H](O)C[C@H]3C2)n1. The molecule has 7 heteroatoms. The van der Waals surface area contributed by atoms with Gasteiger partial charge in [-0.15, -0.1) is 11.8 Å². The summed E-state index contributed by atoms with van der Waals surface area (Å²) in [5.74, 6) is 1.92. The summed E-state index contributed by atoms with van der Waals surface area (Å²) in [4.78, 5) is 11.2. The number of nitrogens with zero attached hydrogens (tertiary/aromatic N) is 3. The summed E-state index contributed by atoms with van der Waals surface area (Å²) < 4.78 is 19.0. The number of benzene rings is 1. The van der Waals surface area contributed by atoms with Crippen LogP contribution in [0, 0.1) is 17.7 Å². The molecule has 1 aromatic carbocycles. The van der Waals surface area contributed by atoms with Crippen LogP contribution in [0.5, 0.6) is 5.75 Å². The highest BCUT2D eigenvalue weighted by molar-refractivity contribution is 7.98. The van der Waals surface area contributed by atoms with Gasteiger partial charge in [0.15, 0.2) is 0 Å². The van der Waals surface area contributed by atoms with E-state index in [1.165, 1.54) is 12.1 Å². The smallest absolute Gasteiger partial charge is 0.226 e. The van der Waals surface area contributed by atoms with E-state index in [9.17, 15) is 9.50 Å². The van der Waals surface area contributed by atoms with Crippen molar-refractivity contribution in [3.63, 3.8) is 0 Å². The van der Waals surface area contributed by atoms with Gasteiger partial charge in [-0.25, -0.2) is 14.4 Å². The third-order valence-electron chi connectivity index (χ3n) is 5.30.